The Kier molecular flexibility index (Phi) is 6.05. The van der Waals surface area contributed by atoms with Crippen LogP contribution in [-0.2, 0) is 11.3 Å². The van der Waals surface area contributed by atoms with E-state index in [0.29, 0.717) is 17.5 Å². The van der Waals surface area contributed by atoms with Crippen molar-refractivity contribution >= 4 is 39.7 Å². The first kappa shape index (κ1) is 20.9. The smallest absolute Gasteiger partial charge is 0.233 e. The number of fused-ring (bicyclic) bond motifs is 3. The minimum Gasteiger partial charge on any atom is -0.339 e. The third-order valence-corrected chi connectivity index (χ3v) is 6.86. The first-order valence-electron chi connectivity index (χ1n) is 11.0. The molecule has 0 bridgehead atoms. The van der Waals surface area contributed by atoms with Gasteiger partial charge < -0.3 is 14.4 Å². The summed E-state index contributed by atoms with van der Waals surface area (Å²) in [6, 6.07) is 18.5. The average molecular weight is 447 g/mol. The largest absolute Gasteiger partial charge is 0.339 e. The van der Waals surface area contributed by atoms with E-state index in [0.717, 1.165) is 54.8 Å². The number of para-hydroxylation sites is 1. The highest BCUT2D eigenvalue weighted by molar-refractivity contribution is 7.99. The predicted octanol–water partition coefficient (Wildman–Crippen LogP) is 3.28. The summed E-state index contributed by atoms with van der Waals surface area (Å²) < 4.78 is 2.19. The molecular formula is C24H26N6OS. The summed E-state index contributed by atoms with van der Waals surface area (Å²) in [7, 11) is 0. The molecule has 2 aromatic heterocycles. The maximum atomic E-state index is 12.7. The molecule has 0 unspecified atom stereocenters. The van der Waals surface area contributed by atoms with E-state index in [1.54, 1.807) is 0 Å². The number of amides is 1. The normalized spacial score (nSPS) is 15.0. The summed E-state index contributed by atoms with van der Waals surface area (Å²) in [6.45, 7) is 7.35. The van der Waals surface area contributed by atoms with Crippen LogP contribution in [0.25, 0.3) is 22.1 Å². The van der Waals surface area contributed by atoms with Gasteiger partial charge in [-0.25, -0.2) is 4.98 Å². The lowest BCUT2D eigenvalue weighted by Crippen LogP contribution is -2.49. The average Bonchev–Trinajstić information content (AvgIpc) is 3.16. The van der Waals surface area contributed by atoms with Crippen LogP contribution in [0.1, 0.15) is 12.5 Å². The summed E-state index contributed by atoms with van der Waals surface area (Å²) in [5.74, 6) is 0.470. The SMILES string of the molecule is CCN1CCN(C(=O)CSc2nnc3c4ccccc4n(Cc4ccccc4)c3n2)CC1. The Bertz CT molecular complexity index is 1230. The van der Waals surface area contributed by atoms with E-state index in [2.05, 4.69) is 50.9 Å². The number of likely N-dealkylation sites (N-methyl/N-ethyl adjacent to an activating group) is 1. The van der Waals surface area contributed by atoms with Gasteiger partial charge in [0.05, 0.1) is 11.3 Å². The molecule has 1 aliphatic heterocycles. The van der Waals surface area contributed by atoms with Gasteiger partial charge in [-0.15, -0.1) is 10.2 Å². The zero-order chi connectivity index (χ0) is 21.9. The Hall–Kier alpha value is -2.97. The van der Waals surface area contributed by atoms with Crippen LogP contribution in [0.5, 0.6) is 0 Å². The fourth-order valence-corrected chi connectivity index (χ4v) is 4.89. The van der Waals surface area contributed by atoms with E-state index < -0.39 is 0 Å². The second-order valence-electron chi connectivity index (χ2n) is 7.96. The Labute approximate surface area is 191 Å². The molecule has 2 aromatic carbocycles. The van der Waals surface area contributed by atoms with E-state index in [1.807, 2.05) is 35.2 Å². The molecule has 5 rings (SSSR count). The summed E-state index contributed by atoms with van der Waals surface area (Å²) in [6.07, 6.45) is 0. The molecular weight excluding hydrogens is 420 g/mol. The minimum absolute atomic E-state index is 0.138. The molecule has 0 saturated carbocycles. The number of benzene rings is 2. The van der Waals surface area contributed by atoms with Crippen LogP contribution in [0.15, 0.2) is 59.8 Å². The van der Waals surface area contributed by atoms with Crippen LogP contribution in [0.2, 0.25) is 0 Å². The van der Waals surface area contributed by atoms with E-state index >= 15 is 0 Å². The molecule has 4 aromatic rings. The standard InChI is InChI=1S/C24H26N6OS/c1-2-28-12-14-29(15-13-28)21(31)17-32-24-25-23-22(26-27-24)19-10-6-7-11-20(19)30(23)16-18-8-4-3-5-9-18/h3-11H,2,12-17H2,1H3. The molecule has 1 fully saturated rings. The number of rotatable bonds is 6. The molecule has 0 atom stereocenters. The number of carbonyl (C=O) groups is 1. The highest BCUT2D eigenvalue weighted by Crippen LogP contribution is 2.28. The Morgan fingerprint density at radius 1 is 0.969 bits per heavy atom. The number of piperazine rings is 1. The van der Waals surface area contributed by atoms with Gasteiger partial charge in [-0.05, 0) is 18.2 Å². The van der Waals surface area contributed by atoms with Gasteiger partial charge in [0.15, 0.2) is 5.65 Å². The van der Waals surface area contributed by atoms with E-state index in [9.17, 15) is 4.79 Å². The third kappa shape index (κ3) is 4.20. The molecule has 0 aliphatic carbocycles. The van der Waals surface area contributed by atoms with Gasteiger partial charge in [0, 0.05) is 38.1 Å². The van der Waals surface area contributed by atoms with Crippen LogP contribution < -0.4 is 0 Å². The minimum atomic E-state index is 0.138. The van der Waals surface area contributed by atoms with Crippen LogP contribution >= 0.6 is 11.8 Å². The van der Waals surface area contributed by atoms with Crippen molar-refractivity contribution in [3.05, 3.63) is 60.2 Å². The molecule has 1 amide bonds. The van der Waals surface area contributed by atoms with Crippen molar-refractivity contribution in [1.29, 1.82) is 0 Å². The molecule has 7 nitrogen and oxygen atoms in total. The fourth-order valence-electron chi connectivity index (χ4n) is 4.21. The molecule has 0 N–H and O–H groups in total. The van der Waals surface area contributed by atoms with Gasteiger partial charge in [0.1, 0.15) is 5.52 Å². The van der Waals surface area contributed by atoms with Crippen molar-refractivity contribution in [2.45, 2.75) is 18.6 Å². The van der Waals surface area contributed by atoms with Crippen LogP contribution in [0, 0.1) is 0 Å². The molecule has 0 spiro atoms. The second kappa shape index (κ2) is 9.26. The topological polar surface area (TPSA) is 67.2 Å². The molecule has 1 aliphatic rings. The summed E-state index contributed by atoms with van der Waals surface area (Å²) in [5.41, 5.74) is 3.88. The van der Waals surface area contributed by atoms with Crippen molar-refractivity contribution in [3.63, 3.8) is 0 Å². The van der Waals surface area contributed by atoms with Gasteiger partial charge >= 0.3 is 0 Å². The second-order valence-corrected chi connectivity index (χ2v) is 8.90. The Morgan fingerprint density at radius 2 is 1.72 bits per heavy atom. The molecule has 164 valence electrons. The van der Waals surface area contributed by atoms with Crippen molar-refractivity contribution < 1.29 is 4.79 Å². The number of aromatic nitrogens is 4. The van der Waals surface area contributed by atoms with Gasteiger partial charge in [0.2, 0.25) is 11.1 Å². The summed E-state index contributed by atoms with van der Waals surface area (Å²) >= 11 is 1.37. The quantitative estimate of drug-likeness (QED) is 0.424. The van der Waals surface area contributed by atoms with Gasteiger partial charge in [0.25, 0.3) is 0 Å². The van der Waals surface area contributed by atoms with E-state index in [4.69, 9.17) is 4.98 Å². The van der Waals surface area contributed by atoms with Crippen molar-refractivity contribution in [2.75, 3.05) is 38.5 Å². The van der Waals surface area contributed by atoms with Crippen LogP contribution in [0.4, 0.5) is 0 Å². The molecule has 32 heavy (non-hydrogen) atoms. The van der Waals surface area contributed by atoms with Crippen LogP contribution in [-0.4, -0.2) is 73.9 Å². The highest BCUT2D eigenvalue weighted by atomic mass is 32.2. The fraction of sp³-hybridized carbons (Fsp3) is 0.333. The van der Waals surface area contributed by atoms with Crippen molar-refractivity contribution in [1.82, 2.24) is 29.5 Å². The Morgan fingerprint density at radius 3 is 2.50 bits per heavy atom. The molecule has 3 heterocycles. The number of hydrogen-bond acceptors (Lipinski definition) is 6. The number of nitrogens with zero attached hydrogens (tertiary/aromatic N) is 6. The molecule has 8 heteroatoms. The summed E-state index contributed by atoms with van der Waals surface area (Å²) in [5, 5.41) is 10.4. The van der Waals surface area contributed by atoms with Crippen LogP contribution in [0.3, 0.4) is 0 Å². The van der Waals surface area contributed by atoms with Gasteiger partial charge in [-0.2, -0.15) is 0 Å². The first-order valence-corrected chi connectivity index (χ1v) is 12.0. The predicted molar refractivity (Wildman–Crippen MR) is 128 cm³/mol. The number of hydrogen-bond donors (Lipinski definition) is 0. The maximum absolute atomic E-state index is 12.7. The lowest BCUT2D eigenvalue weighted by molar-refractivity contribution is -0.130. The monoisotopic (exact) mass is 446 g/mol. The van der Waals surface area contributed by atoms with Gasteiger partial charge in [-0.1, -0.05) is 67.2 Å². The lowest BCUT2D eigenvalue weighted by Gasteiger charge is -2.33. The molecule has 1 saturated heterocycles. The lowest BCUT2D eigenvalue weighted by atomic mass is 10.2. The van der Waals surface area contributed by atoms with Crippen molar-refractivity contribution in [3.8, 4) is 0 Å². The van der Waals surface area contributed by atoms with Gasteiger partial charge in [-0.3, -0.25) is 4.79 Å². The number of thioether (sulfide) groups is 1. The zero-order valence-corrected chi connectivity index (χ0v) is 19.0. The molecule has 0 radical (unpaired) electrons. The van der Waals surface area contributed by atoms with E-state index in [1.165, 1.54) is 17.3 Å². The Balaban J connectivity index is 1.39. The number of carbonyl (C=O) groups excluding carboxylic acids is 1. The summed E-state index contributed by atoms with van der Waals surface area (Å²) in [4.78, 5) is 21.8. The van der Waals surface area contributed by atoms with E-state index in [-0.39, 0.29) is 5.91 Å². The third-order valence-electron chi connectivity index (χ3n) is 6.03. The first-order chi connectivity index (χ1) is 15.7. The maximum Gasteiger partial charge on any atom is 0.233 e. The zero-order valence-electron chi connectivity index (χ0n) is 18.1. The van der Waals surface area contributed by atoms with Crippen molar-refractivity contribution in [2.24, 2.45) is 0 Å². The highest BCUT2D eigenvalue weighted by Gasteiger charge is 2.21.